The molecule has 0 heterocycles. The number of hydrogen-bond donors (Lipinski definition) is 0. The predicted molar refractivity (Wildman–Crippen MR) is 128 cm³/mol. The molecule has 0 nitrogen and oxygen atoms in total. The second-order valence-electron chi connectivity index (χ2n) is 7.05. The van der Waals surface area contributed by atoms with Crippen LogP contribution in [0, 0.1) is 0 Å². The smallest absolute Gasteiger partial charge is 0.0622 e. The summed E-state index contributed by atoms with van der Waals surface area (Å²) in [6, 6.07) is 46.0. The molecule has 0 saturated heterocycles. The van der Waals surface area contributed by atoms with Crippen molar-refractivity contribution in [1.82, 2.24) is 0 Å². The van der Waals surface area contributed by atoms with Crippen molar-refractivity contribution in [2.45, 2.75) is 0 Å². The van der Waals surface area contributed by atoms with E-state index in [2.05, 4.69) is 127 Å². The normalized spacial score (nSPS) is 10.7. The van der Waals surface area contributed by atoms with Gasteiger partial charge in [-0.2, -0.15) is 0 Å². The molecular weight excluding hydrogens is 426 g/mol. The molecule has 0 spiro atoms. The number of rotatable bonds is 4. The zero-order valence-corrected chi connectivity index (χ0v) is 18.3. The van der Waals surface area contributed by atoms with Gasteiger partial charge in [0.2, 0.25) is 0 Å². The van der Waals surface area contributed by atoms with E-state index in [1.807, 2.05) is 0 Å². The van der Waals surface area contributed by atoms with E-state index in [-0.39, 0.29) is 16.5 Å². The largest absolute Gasteiger partial charge is 2.00 e. The van der Waals surface area contributed by atoms with Gasteiger partial charge in [-0.15, -0.1) is 0 Å². The first kappa shape index (κ1) is 20.6. The van der Waals surface area contributed by atoms with Crippen LogP contribution in [0.25, 0.3) is 21.9 Å². The second-order valence-corrected chi connectivity index (χ2v) is 9.24. The average Bonchev–Trinajstić information content (AvgIpc) is 2.81. The first-order chi connectivity index (χ1) is 14.4. The van der Waals surface area contributed by atoms with Crippen LogP contribution >= 0.6 is 7.92 Å². The van der Waals surface area contributed by atoms with E-state index in [1.165, 1.54) is 37.8 Å². The van der Waals surface area contributed by atoms with Crippen LogP contribution in [0.15, 0.2) is 127 Å². The molecule has 0 aliphatic heterocycles. The van der Waals surface area contributed by atoms with E-state index >= 15 is 0 Å². The van der Waals surface area contributed by atoms with E-state index in [9.17, 15) is 0 Å². The first-order valence-corrected chi connectivity index (χ1v) is 11.2. The summed E-state index contributed by atoms with van der Waals surface area (Å²) >= 11 is 0. The van der Waals surface area contributed by atoms with Crippen LogP contribution in [0.5, 0.6) is 0 Å². The number of fused-ring (bicyclic) bond motifs is 1. The fourth-order valence-electron chi connectivity index (χ4n) is 3.94. The molecule has 0 bridgehead atoms. The summed E-state index contributed by atoms with van der Waals surface area (Å²) in [7, 11) is -0.646. The Hall–Kier alpha value is -2.72. The molecule has 0 aliphatic carbocycles. The van der Waals surface area contributed by atoms with Crippen LogP contribution in [0.1, 0.15) is 0 Å². The third-order valence-electron chi connectivity index (χ3n) is 5.25. The van der Waals surface area contributed by atoms with Crippen LogP contribution in [0.4, 0.5) is 0 Å². The Balaban J connectivity index is 0.00000218. The second kappa shape index (κ2) is 9.40. The Morgan fingerprint density at radius 1 is 0.400 bits per heavy atom. The zero-order valence-electron chi connectivity index (χ0n) is 16.4. The van der Waals surface area contributed by atoms with Gasteiger partial charge in [0.15, 0.2) is 0 Å². The quantitative estimate of drug-likeness (QED) is 0.225. The fraction of sp³-hybridized carbons (Fsp3) is 0. The molecule has 0 radical (unpaired) electrons. The van der Waals surface area contributed by atoms with Gasteiger partial charge in [0.25, 0.3) is 0 Å². The van der Waals surface area contributed by atoms with E-state index in [4.69, 9.17) is 0 Å². The minimum Gasteiger partial charge on any atom is -0.0622 e. The van der Waals surface area contributed by atoms with Gasteiger partial charge in [-0.1, -0.05) is 127 Å². The van der Waals surface area contributed by atoms with Crippen molar-refractivity contribution >= 4 is 34.6 Å². The van der Waals surface area contributed by atoms with Gasteiger partial charge in [-0.25, -0.2) is 0 Å². The van der Waals surface area contributed by atoms with E-state index in [0.717, 1.165) is 0 Å². The van der Waals surface area contributed by atoms with Crippen LogP contribution in [0.3, 0.4) is 0 Å². The summed E-state index contributed by atoms with van der Waals surface area (Å²) in [4.78, 5) is 0. The van der Waals surface area contributed by atoms with Crippen molar-refractivity contribution < 1.29 is 16.5 Å². The molecule has 30 heavy (non-hydrogen) atoms. The summed E-state index contributed by atoms with van der Waals surface area (Å²) in [6.45, 7) is 0. The van der Waals surface area contributed by atoms with Crippen LogP contribution in [0.2, 0.25) is 0 Å². The topological polar surface area (TPSA) is 0 Å². The monoisotopic (exact) mass is 446 g/mol. The summed E-state index contributed by atoms with van der Waals surface area (Å²) in [6.07, 6.45) is 0. The van der Waals surface area contributed by atoms with Gasteiger partial charge in [-0.3, -0.25) is 0 Å². The minimum atomic E-state index is -0.646. The first-order valence-electron chi connectivity index (χ1n) is 9.89. The van der Waals surface area contributed by atoms with Crippen molar-refractivity contribution in [1.29, 1.82) is 0 Å². The van der Waals surface area contributed by atoms with E-state index in [0.29, 0.717) is 0 Å². The van der Waals surface area contributed by atoms with Gasteiger partial charge in [0, 0.05) is 0 Å². The maximum Gasteiger partial charge on any atom is 2.00 e. The molecule has 0 aliphatic rings. The standard InChI is InChI=1S/C28H21P.Ni/c1-3-14-23(15-4-1)29(24-16-5-2-6-17-24)28-21-10-9-19-27(28)26-20-11-13-22-12-7-8-18-25(22)26;/h1-21H;/q;+2. The Morgan fingerprint density at radius 3 is 1.60 bits per heavy atom. The Labute approximate surface area is 189 Å². The van der Waals surface area contributed by atoms with Crippen molar-refractivity contribution in [2.24, 2.45) is 0 Å². The van der Waals surface area contributed by atoms with Gasteiger partial charge in [0.05, 0.1) is 0 Å². The molecule has 0 unspecified atom stereocenters. The molecule has 5 aromatic carbocycles. The molecule has 5 rings (SSSR count). The van der Waals surface area contributed by atoms with E-state index in [1.54, 1.807) is 0 Å². The number of hydrogen-bond acceptors (Lipinski definition) is 0. The molecule has 5 aromatic rings. The predicted octanol–water partition coefficient (Wildman–Crippen LogP) is 6.26. The van der Waals surface area contributed by atoms with Crippen LogP contribution in [-0.2, 0) is 16.5 Å². The third-order valence-corrected chi connectivity index (χ3v) is 7.75. The number of benzene rings is 5. The molecular formula is C28H21NiP+2. The molecule has 0 saturated carbocycles. The van der Waals surface area contributed by atoms with Crippen LogP contribution in [-0.4, -0.2) is 0 Å². The summed E-state index contributed by atoms with van der Waals surface area (Å²) in [5.41, 5.74) is 2.63. The molecule has 146 valence electrons. The molecule has 0 amide bonds. The SMILES string of the molecule is [Ni+2].c1ccc(P(c2ccccc2)c2ccccc2-c2cccc3ccccc23)cc1. The zero-order chi connectivity index (χ0) is 19.5. The molecule has 0 N–H and O–H groups in total. The van der Waals surface area contributed by atoms with Crippen molar-refractivity contribution in [2.75, 3.05) is 0 Å². The Morgan fingerprint density at radius 2 is 0.900 bits per heavy atom. The van der Waals surface area contributed by atoms with Gasteiger partial charge in [-0.05, 0) is 45.7 Å². The molecule has 0 fully saturated rings. The summed E-state index contributed by atoms with van der Waals surface area (Å²) < 4.78 is 0. The maximum atomic E-state index is 2.31. The minimum absolute atomic E-state index is 0. The fourth-order valence-corrected chi connectivity index (χ4v) is 6.40. The molecule has 2 heteroatoms. The molecule has 0 atom stereocenters. The average molecular weight is 447 g/mol. The Bertz CT molecular complexity index is 1200. The maximum absolute atomic E-state index is 2.31. The van der Waals surface area contributed by atoms with Crippen molar-refractivity contribution in [3.05, 3.63) is 127 Å². The summed E-state index contributed by atoms with van der Waals surface area (Å²) in [5.74, 6) is 0. The van der Waals surface area contributed by atoms with Crippen molar-refractivity contribution in [3.63, 3.8) is 0 Å². The van der Waals surface area contributed by atoms with E-state index < -0.39 is 7.92 Å². The summed E-state index contributed by atoms with van der Waals surface area (Å²) in [5, 5.41) is 6.74. The molecule has 0 aromatic heterocycles. The van der Waals surface area contributed by atoms with Crippen LogP contribution < -0.4 is 15.9 Å². The van der Waals surface area contributed by atoms with Gasteiger partial charge < -0.3 is 0 Å². The van der Waals surface area contributed by atoms with Gasteiger partial charge in [0.1, 0.15) is 0 Å². The van der Waals surface area contributed by atoms with Crippen molar-refractivity contribution in [3.8, 4) is 11.1 Å². The van der Waals surface area contributed by atoms with Gasteiger partial charge >= 0.3 is 16.5 Å². The third kappa shape index (κ3) is 3.97. The Kier molecular flexibility index (Phi) is 6.44.